The largest absolute Gasteiger partial charge is 0.481 e. The van der Waals surface area contributed by atoms with Crippen molar-refractivity contribution in [2.75, 3.05) is 0 Å². The molecule has 8 heteroatoms. The first kappa shape index (κ1) is 37.5. The Hall–Kier alpha value is -1.22. The fourth-order valence-corrected chi connectivity index (χ4v) is 3.03. The van der Waals surface area contributed by atoms with E-state index in [1.165, 1.54) is 77.0 Å². The lowest BCUT2D eigenvalue weighted by Gasteiger charge is -2.03. The van der Waals surface area contributed by atoms with Gasteiger partial charge in [-0.05, 0) is 12.8 Å². The van der Waals surface area contributed by atoms with Crippen LogP contribution in [0.1, 0.15) is 116 Å². The molecular weight excluding hydrogens is 360 g/mol. The monoisotopic (exact) mass is 410 g/mol. The normalized spacial score (nSPS) is 9.29. The molecule has 0 aromatic rings. The molecule has 0 atom stereocenters. The second-order valence-electron chi connectivity index (χ2n) is 6.94. The third-order valence-electron chi connectivity index (χ3n) is 4.53. The van der Waals surface area contributed by atoms with Gasteiger partial charge in [-0.1, -0.05) is 89.9 Å². The molecule has 0 aromatic carbocycles. The molecule has 174 valence electrons. The zero-order valence-electron chi connectivity index (χ0n) is 18.3. The summed E-state index contributed by atoms with van der Waals surface area (Å²) >= 11 is 0. The molecule has 0 saturated carbocycles. The minimum Gasteiger partial charge on any atom is -0.481 e. The van der Waals surface area contributed by atoms with Crippen LogP contribution in [0.15, 0.2) is 0 Å². The molecule has 0 unspecified atom stereocenters. The Labute approximate surface area is 172 Å². The van der Waals surface area contributed by atoms with E-state index in [2.05, 4.69) is 0 Å². The van der Waals surface area contributed by atoms with Gasteiger partial charge in [-0.2, -0.15) is 0 Å². The summed E-state index contributed by atoms with van der Waals surface area (Å²) in [5, 5.41) is 17.1. The lowest BCUT2D eigenvalue weighted by molar-refractivity contribution is -0.138. The van der Waals surface area contributed by atoms with Gasteiger partial charge in [0.2, 0.25) is 0 Å². The Bertz CT molecular complexity index is 289. The minimum atomic E-state index is -0.673. The molecule has 0 aliphatic carbocycles. The van der Waals surface area contributed by atoms with Crippen LogP contribution >= 0.6 is 0 Å². The van der Waals surface area contributed by atoms with E-state index in [0.29, 0.717) is 12.8 Å². The van der Waals surface area contributed by atoms with Gasteiger partial charge in [0.05, 0.1) is 0 Å². The fourth-order valence-electron chi connectivity index (χ4n) is 3.03. The maximum absolute atomic E-state index is 10.4. The number of carboxylic acid groups (broad SMARTS) is 2. The molecule has 0 saturated heterocycles. The van der Waals surface area contributed by atoms with E-state index in [0.717, 1.165) is 25.7 Å². The van der Waals surface area contributed by atoms with E-state index in [1.54, 1.807) is 0 Å². The Morgan fingerprint density at radius 2 is 0.500 bits per heavy atom. The standard InChI is InChI=1S/C20H38O4.4H3N/c21-19(22)17-15-13-11-9-7-5-3-1-2-4-6-8-10-12-14-16-18-20(23)24;;;;/h1-18H2,(H,21,22)(H,23,24);4*1H3. The topological polar surface area (TPSA) is 215 Å². The molecule has 0 rings (SSSR count). The molecule has 0 amide bonds. The summed E-state index contributed by atoms with van der Waals surface area (Å²) in [5.74, 6) is -1.35. The van der Waals surface area contributed by atoms with Crippen molar-refractivity contribution in [1.82, 2.24) is 24.6 Å². The van der Waals surface area contributed by atoms with Crippen molar-refractivity contribution < 1.29 is 19.8 Å². The summed E-state index contributed by atoms with van der Waals surface area (Å²) < 4.78 is 0. The number of carboxylic acids is 2. The number of aliphatic carboxylic acids is 2. The highest BCUT2D eigenvalue weighted by Crippen LogP contribution is 2.14. The molecule has 0 aromatic heterocycles. The van der Waals surface area contributed by atoms with Crippen LogP contribution in [0.5, 0.6) is 0 Å². The maximum Gasteiger partial charge on any atom is 0.303 e. The van der Waals surface area contributed by atoms with Gasteiger partial charge < -0.3 is 34.8 Å². The number of hydrogen-bond acceptors (Lipinski definition) is 6. The zero-order chi connectivity index (χ0) is 17.9. The first-order valence-electron chi connectivity index (χ1n) is 10.1. The van der Waals surface area contributed by atoms with Crippen molar-refractivity contribution in [1.29, 1.82) is 0 Å². The minimum absolute atomic E-state index is 0. The van der Waals surface area contributed by atoms with Crippen molar-refractivity contribution >= 4 is 11.9 Å². The molecule has 28 heavy (non-hydrogen) atoms. The van der Waals surface area contributed by atoms with Gasteiger partial charge in [0.25, 0.3) is 0 Å². The number of hydrogen-bond donors (Lipinski definition) is 6. The highest BCUT2D eigenvalue weighted by molar-refractivity contribution is 5.66. The van der Waals surface area contributed by atoms with Gasteiger partial charge in [0, 0.05) is 12.8 Å². The average molecular weight is 411 g/mol. The highest BCUT2D eigenvalue weighted by Gasteiger charge is 1.98. The molecule has 0 spiro atoms. The summed E-state index contributed by atoms with van der Waals surface area (Å²) in [7, 11) is 0. The molecular formula is C20H50N4O4. The smallest absolute Gasteiger partial charge is 0.303 e. The summed E-state index contributed by atoms with van der Waals surface area (Å²) in [5.41, 5.74) is 0. The van der Waals surface area contributed by atoms with Crippen molar-refractivity contribution in [2.24, 2.45) is 0 Å². The second kappa shape index (κ2) is 30.5. The Kier molecular flexibility index (Phi) is 40.9. The van der Waals surface area contributed by atoms with Gasteiger partial charge in [-0.3, -0.25) is 9.59 Å². The van der Waals surface area contributed by atoms with Gasteiger partial charge >= 0.3 is 11.9 Å². The summed E-state index contributed by atoms with van der Waals surface area (Å²) in [6.45, 7) is 0. The molecule has 0 fully saturated rings. The van der Waals surface area contributed by atoms with E-state index in [9.17, 15) is 9.59 Å². The van der Waals surface area contributed by atoms with Crippen LogP contribution in [0.3, 0.4) is 0 Å². The molecule has 0 radical (unpaired) electrons. The van der Waals surface area contributed by atoms with Gasteiger partial charge in [-0.25, -0.2) is 0 Å². The van der Waals surface area contributed by atoms with Crippen LogP contribution in [0.2, 0.25) is 0 Å². The lowest BCUT2D eigenvalue weighted by atomic mass is 10.0. The summed E-state index contributed by atoms with van der Waals surface area (Å²) in [4.78, 5) is 20.7. The van der Waals surface area contributed by atoms with Crippen LogP contribution in [-0.2, 0) is 9.59 Å². The van der Waals surface area contributed by atoms with Crippen molar-refractivity contribution in [3.63, 3.8) is 0 Å². The van der Waals surface area contributed by atoms with Crippen LogP contribution in [0.25, 0.3) is 0 Å². The van der Waals surface area contributed by atoms with Crippen LogP contribution in [0, 0.1) is 0 Å². The van der Waals surface area contributed by atoms with E-state index in [1.807, 2.05) is 0 Å². The number of unbranched alkanes of at least 4 members (excludes halogenated alkanes) is 15. The third kappa shape index (κ3) is 35.8. The lowest BCUT2D eigenvalue weighted by Crippen LogP contribution is -1.93. The van der Waals surface area contributed by atoms with Gasteiger partial charge in [-0.15, -0.1) is 0 Å². The van der Waals surface area contributed by atoms with E-state index < -0.39 is 11.9 Å². The van der Waals surface area contributed by atoms with Crippen molar-refractivity contribution in [2.45, 2.75) is 116 Å². The van der Waals surface area contributed by atoms with E-state index in [-0.39, 0.29) is 24.6 Å². The van der Waals surface area contributed by atoms with Gasteiger partial charge in [0.15, 0.2) is 0 Å². The Balaban J connectivity index is -0.000000441. The predicted octanol–water partition coefficient (Wildman–Crippen LogP) is 6.83. The number of rotatable bonds is 19. The third-order valence-corrected chi connectivity index (χ3v) is 4.53. The number of carbonyl (C=O) groups is 2. The summed E-state index contributed by atoms with van der Waals surface area (Å²) in [6, 6.07) is 0. The second-order valence-corrected chi connectivity index (χ2v) is 6.94. The molecule has 0 heterocycles. The first-order valence-corrected chi connectivity index (χ1v) is 10.1. The van der Waals surface area contributed by atoms with Crippen LogP contribution in [0.4, 0.5) is 0 Å². The average Bonchev–Trinajstić information content (AvgIpc) is 2.53. The maximum atomic E-state index is 10.4. The van der Waals surface area contributed by atoms with Gasteiger partial charge in [0.1, 0.15) is 0 Å². The van der Waals surface area contributed by atoms with E-state index in [4.69, 9.17) is 10.2 Å². The van der Waals surface area contributed by atoms with Crippen LogP contribution < -0.4 is 24.6 Å². The summed E-state index contributed by atoms with van der Waals surface area (Å²) in [6.07, 6.45) is 19.9. The SMILES string of the molecule is N.N.N.N.O=C(O)CCCCCCCCCCCCCCCCCCC(=O)O. The quantitative estimate of drug-likeness (QED) is 0.124. The van der Waals surface area contributed by atoms with Crippen LogP contribution in [-0.4, -0.2) is 22.2 Å². The molecule has 0 aliphatic heterocycles. The molecule has 8 nitrogen and oxygen atoms in total. The first-order chi connectivity index (χ1) is 11.6. The van der Waals surface area contributed by atoms with Crippen molar-refractivity contribution in [3.8, 4) is 0 Å². The molecule has 14 N–H and O–H groups in total. The Morgan fingerprint density at radius 3 is 0.643 bits per heavy atom. The van der Waals surface area contributed by atoms with Crippen molar-refractivity contribution in [3.05, 3.63) is 0 Å². The van der Waals surface area contributed by atoms with E-state index >= 15 is 0 Å². The predicted molar refractivity (Wildman–Crippen MR) is 118 cm³/mol. The molecule has 0 aliphatic rings. The zero-order valence-corrected chi connectivity index (χ0v) is 18.3. The highest BCUT2D eigenvalue weighted by atomic mass is 16.4. The fraction of sp³-hybridized carbons (Fsp3) is 0.900. The Morgan fingerprint density at radius 1 is 0.357 bits per heavy atom. The molecule has 0 bridgehead atoms.